The first kappa shape index (κ1) is 13.7. The third-order valence-corrected chi connectivity index (χ3v) is 1.39. The third-order valence-electron chi connectivity index (χ3n) is 1.39. The highest BCUT2D eigenvalue weighted by Gasteiger charge is 1.93. The molecule has 2 N–H and O–H groups in total. The molecule has 0 rings (SSSR count). The second-order valence-corrected chi connectivity index (χ2v) is 2.46. The fourth-order valence-electron chi connectivity index (χ4n) is 0.851. The summed E-state index contributed by atoms with van der Waals surface area (Å²) in [5.41, 5.74) is 6.97. The van der Waals surface area contributed by atoms with E-state index in [1.807, 2.05) is 19.1 Å². The quantitative estimate of drug-likeness (QED) is 0.640. The van der Waals surface area contributed by atoms with Gasteiger partial charge in [0.05, 0.1) is 0 Å². The second kappa shape index (κ2) is 10.2. The van der Waals surface area contributed by atoms with Crippen LogP contribution >= 0.6 is 0 Å². The number of rotatable bonds is 4. The van der Waals surface area contributed by atoms with E-state index in [2.05, 4.69) is 25.8 Å². The smallest absolute Gasteiger partial charge is 0.0195 e. The largest absolute Gasteiger partial charge is 0.333 e. The van der Waals surface area contributed by atoms with Crippen LogP contribution in [0.5, 0.6) is 0 Å². The van der Waals surface area contributed by atoms with Gasteiger partial charge < -0.3 is 5.73 Å². The molecule has 1 heteroatoms. The molecule has 0 saturated heterocycles. The van der Waals surface area contributed by atoms with Crippen LogP contribution in [-0.2, 0) is 0 Å². The van der Waals surface area contributed by atoms with Crippen molar-refractivity contribution < 1.29 is 0 Å². The van der Waals surface area contributed by atoms with Crippen LogP contribution < -0.4 is 5.73 Å². The molecule has 0 amide bonds. The summed E-state index contributed by atoms with van der Waals surface area (Å²) in [5, 5.41) is 0. The Labute approximate surface area is 76.7 Å². The maximum absolute atomic E-state index is 4.50. The monoisotopic (exact) mass is 167 g/mol. The molecule has 0 aliphatic carbocycles. The molecule has 0 heterocycles. The average molecular weight is 167 g/mol. The second-order valence-electron chi connectivity index (χ2n) is 2.46. The lowest BCUT2D eigenvalue weighted by molar-refractivity contribution is 0.913. The molecule has 0 atom stereocenters. The molecule has 0 aromatic rings. The van der Waals surface area contributed by atoms with Crippen LogP contribution in [0.4, 0.5) is 0 Å². The first-order valence-electron chi connectivity index (χ1n) is 4.27. The van der Waals surface area contributed by atoms with E-state index in [0.29, 0.717) is 0 Å². The van der Waals surface area contributed by atoms with E-state index >= 15 is 0 Å². The minimum Gasteiger partial charge on any atom is -0.333 e. The van der Waals surface area contributed by atoms with Crippen LogP contribution in [0, 0.1) is 0 Å². The Morgan fingerprint density at radius 3 is 2.17 bits per heavy atom. The highest BCUT2D eigenvalue weighted by molar-refractivity contribution is 5.29. The first-order valence-corrected chi connectivity index (χ1v) is 4.27. The topological polar surface area (TPSA) is 26.0 Å². The summed E-state index contributed by atoms with van der Waals surface area (Å²) < 4.78 is 0. The lowest BCUT2D eigenvalue weighted by Gasteiger charge is -2.02. The Morgan fingerprint density at radius 1 is 1.42 bits per heavy atom. The van der Waals surface area contributed by atoms with Crippen molar-refractivity contribution in [2.45, 2.75) is 26.7 Å². The number of allylic oxidation sites excluding steroid dienone is 4. The molecule has 70 valence electrons. The maximum atomic E-state index is 4.50. The van der Waals surface area contributed by atoms with Gasteiger partial charge in [0.2, 0.25) is 0 Å². The van der Waals surface area contributed by atoms with Crippen LogP contribution in [0.15, 0.2) is 36.5 Å². The first-order chi connectivity index (χ1) is 5.72. The van der Waals surface area contributed by atoms with E-state index in [4.69, 9.17) is 0 Å². The van der Waals surface area contributed by atoms with Gasteiger partial charge in [0, 0.05) is 0 Å². The van der Waals surface area contributed by atoms with Gasteiger partial charge >= 0.3 is 0 Å². The molecular formula is C11H21N. The summed E-state index contributed by atoms with van der Waals surface area (Å²) in [7, 11) is 1.50. The standard InChI is InChI=1S/C10H16.CH5N/c1-5-7-10(8-6-2)9(3)4;1-2/h5,7H,1,3,6,8H2,2,4H3;2H2,1H3/b10-7-;. The molecule has 1 nitrogen and oxygen atoms in total. The predicted octanol–water partition coefficient (Wildman–Crippen LogP) is 3.05. The van der Waals surface area contributed by atoms with E-state index in [1.165, 1.54) is 19.0 Å². The molecule has 0 radical (unpaired) electrons. The molecule has 0 aliphatic rings. The van der Waals surface area contributed by atoms with Gasteiger partial charge in [-0.15, -0.1) is 0 Å². The van der Waals surface area contributed by atoms with Gasteiger partial charge in [-0.2, -0.15) is 0 Å². The Bertz CT molecular complexity index is 154. The Kier molecular flexibility index (Phi) is 11.7. The molecule has 0 spiro atoms. The molecule has 0 unspecified atom stereocenters. The van der Waals surface area contributed by atoms with Gasteiger partial charge in [0.25, 0.3) is 0 Å². The van der Waals surface area contributed by atoms with E-state index in [9.17, 15) is 0 Å². The summed E-state index contributed by atoms with van der Waals surface area (Å²) in [4.78, 5) is 0. The van der Waals surface area contributed by atoms with Crippen LogP contribution in [0.25, 0.3) is 0 Å². The van der Waals surface area contributed by atoms with Gasteiger partial charge in [-0.3, -0.25) is 0 Å². The average Bonchev–Trinajstić information content (AvgIpc) is 2.08. The zero-order valence-electron chi connectivity index (χ0n) is 8.56. The SMILES string of the molecule is C=C/C=C(/CCC)C(=C)C.CN. The van der Waals surface area contributed by atoms with Crippen molar-refractivity contribution in [3.63, 3.8) is 0 Å². The van der Waals surface area contributed by atoms with Gasteiger partial charge in [-0.25, -0.2) is 0 Å². The predicted molar refractivity (Wildman–Crippen MR) is 58.1 cm³/mol. The molecule has 0 saturated carbocycles. The van der Waals surface area contributed by atoms with E-state index < -0.39 is 0 Å². The molecule has 0 bridgehead atoms. The van der Waals surface area contributed by atoms with Crippen molar-refractivity contribution in [2.24, 2.45) is 5.73 Å². The summed E-state index contributed by atoms with van der Waals surface area (Å²) in [6.07, 6.45) is 6.14. The Morgan fingerprint density at radius 2 is 1.92 bits per heavy atom. The summed E-state index contributed by atoms with van der Waals surface area (Å²) in [5.74, 6) is 0. The van der Waals surface area contributed by atoms with E-state index in [-0.39, 0.29) is 0 Å². The van der Waals surface area contributed by atoms with Crippen molar-refractivity contribution in [1.29, 1.82) is 0 Å². The fourth-order valence-corrected chi connectivity index (χ4v) is 0.851. The molecule has 0 aromatic heterocycles. The van der Waals surface area contributed by atoms with Crippen LogP contribution in [-0.4, -0.2) is 7.05 Å². The maximum Gasteiger partial charge on any atom is -0.0195 e. The minimum atomic E-state index is 1.11. The highest BCUT2D eigenvalue weighted by atomic mass is 14.4. The summed E-state index contributed by atoms with van der Waals surface area (Å²) >= 11 is 0. The highest BCUT2D eigenvalue weighted by Crippen LogP contribution is 2.12. The molecule has 0 aliphatic heterocycles. The van der Waals surface area contributed by atoms with Crippen LogP contribution in [0.2, 0.25) is 0 Å². The van der Waals surface area contributed by atoms with Crippen molar-refractivity contribution in [3.8, 4) is 0 Å². The van der Waals surface area contributed by atoms with Crippen LogP contribution in [0.3, 0.4) is 0 Å². The molecule has 12 heavy (non-hydrogen) atoms. The molecular weight excluding hydrogens is 146 g/mol. The lowest BCUT2D eigenvalue weighted by Crippen LogP contribution is -1.82. The lowest BCUT2D eigenvalue weighted by atomic mass is 10.0. The number of hydrogen-bond donors (Lipinski definition) is 1. The van der Waals surface area contributed by atoms with Gasteiger partial charge in [-0.1, -0.05) is 44.2 Å². The Balaban J connectivity index is 0. The van der Waals surface area contributed by atoms with Crippen molar-refractivity contribution in [1.82, 2.24) is 0 Å². The molecule has 0 aromatic carbocycles. The van der Waals surface area contributed by atoms with Gasteiger partial charge in [0.1, 0.15) is 0 Å². The normalized spacial score (nSPS) is 9.83. The molecule has 0 fully saturated rings. The van der Waals surface area contributed by atoms with Crippen molar-refractivity contribution >= 4 is 0 Å². The van der Waals surface area contributed by atoms with E-state index in [0.717, 1.165) is 12.0 Å². The summed E-state index contributed by atoms with van der Waals surface area (Å²) in [6, 6.07) is 0. The number of nitrogens with two attached hydrogens (primary N) is 1. The Hall–Kier alpha value is -0.820. The van der Waals surface area contributed by atoms with Crippen molar-refractivity contribution in [2.75, 3.05) is 7.05 Å². The summed E-state index contributed by atoms with van der Waals surface area (Å²) in [6.45, 7) is 11.7. The van der Waals surface area contributed by atoms with Crippen molar-refractivity contribution in [3.05, 3.63) is 36.5 Å². The van der Waals surface area contributed by atoms with Gasteiger partial charge in [0.15, 0.2) is 0 Å². The van der Waals surface area contributed by atoms with Gasteiger partial charge in [-0.05, 0) is 26.0 Å². The zero-order valence-corrected chi connectivity index (χ0v) is 8.56. The third kappa shape index (κ3) is 7.29. The van der Waals surface area contributed by atoms with E-state index in [1.54, 1.807) is 0 Å². The fraction of sp³-hybridized carbons (Fsp3) is 0.455. The zero-order chi connectivity index (χ0) is 9.98. The minimum absolute atomic E-state index is 1.11. The van der Waals surface area contributed by atoms with Crippen LogP contribution in [0.1, 0.15) is 26.7 Å². The number of hydrogen-bond acceptors (Lipinski definition) is 1.